The molecule has 0 aliphatic carbocycles. The second-order valence-electron chi connectivity index (χ2n) is 6.03. The summed E-state index contributed by atoms with van der Waals surface area (Å²) in [5, 5.41) is 10.8. The maximum Gasteiger partial charge on any atom is 0.276 e. The highest BCUT2D eigenvalue weighted by Crippen LogP contribution is 2.22. The molecular formula is C19H20N4O3S. The summed E-state index contributed by atoms with van der Waals surface area (Å²) in [6.07, 6.45) is 3.00. The molecule has 140 valence electrons. The number of aromatic amines is 1. The zero-order valence-electron chi connectivity index (χ0n) is 15.2. The third-order valence-electron chi connectivity index (χ3n) is 4.21. The average Bonchev–Trinajstić information content (AvgIpc) is 3.12. The number of H-pyrrole nitrogens is 1. The van der Waals surface area contributed by atoms with Gasteiger partial charge >= 0.3 is 0 Å². The summed E-state index contributed by atoms with van der Waals surface area (Å²) in [6, 6.07) is 12.4. The summed E-state index contributed by atoms with van der Waals surface area (Å²) in [7, 11) is -2.13. The van der Waals surface area contributed by atoms with E-state index in [0.717, 1.165) is 28.1 Å². The van der Waals surface area contributed by atoms with E-state index in [1.165, 1.54) is 6.21 Å². The minimum absolute atomic E-state index is 0.172. The Hall–Kier alpha value is -3.13. The van der Waals surface area contributed by atoms with E-state index in [1.54, 1.807) is 31.5 Å². The Morgan fingerprint density at radius 3 is 2.52 bits per heavy atom. The quantitative estimate of drug-likeness (QED) is 0.504. The van der Waals surface area contributed by atoms with Gasteiger partial charge in [0, 0.05) is 11.1 Å². The maximum absolute atomic E-state index is 12.4. The van der Waals surface area contributed by atoms with Crippen molar-refractivity contribution in [2.24, 2.45) is 5.10 Å². The summed E-state index contributed by atoms with van der Waals surface area (Å²) >= 11 is 0. The minimum Gasteiger partial charge on any atom is -0.497 e. The van der Waals surface area contributed by atoms with Crippen molar-refractivity contribution in [2.75, 3.05) is 7.11 Å². The van der Waals surface area contributed by atoms with Crippen LogP contribution < -0.4 is 9.57 Å². The number of benzene rings is 2. The molecule has 0 spiro atoms. The van der Waals surface area contributed by atoms with Crippen molar-refractivity contribution in [3.63, 3.8) is 0 Å². The van der Waals surface area contributed by atoms with Crippen LogP contribution in [0.15, 0.2) is 58.7 Å². The fourth-order valence-corrected chi connectivity index (χ4v) is 3.36. The van der Waals surface area contributed by atoms with Crippen LogP contribution in [0.4, 0.5) is 0 Å². The molecule has 3 rings (SSSR count). The predicted molar refractivity (Wildman–Crippen MR) is 104 cm³/mol. The SMILES string of the molecule is COc1ccc(-c2[nH]ncc2C=NNS(=O)(=O)c2ccc(C)c(C)c2)cc1. The molecule has 8 heteroatoms. The molecule has 0 radical (unpaired) electrons. The Bertz CT molecular complexity index is 1070. The number of aryl methyl sites for hydroxylation is 2. The molecule has 0 saturated heterocycles. The van der Waals surface area contributed by atoms with Crippen LogP contribution in [0.25, 0.3) is 11.3 Å². The van der Waals surface area contributed by atoms with Crippen LogP contribution in [0.2, 0.25) is 0 Å². The van der Waals surface area contributed by atoms with Gasteiger partial charge in [0.25, 0.3) is 10.0 Å². The summed E-state index contributed by atoms with van der Waals surface area (Å²) in [4.78, 5) is 2.41. The molecule has 0 bridgehead atoms. The Kier molecular flexibility index (Phi) is 5.27. The molecule has 3 aromatic rings. The smallest absolute Gasteiger partial charge is 0.276 e. The van der Waals surface area contributed by atoms with Crippen LogP contribution in [0.5, 0.6) is 5.75 Å². The number of hydrazone groups is 1. The van der Waals surface area contributed by atoms with Gasteiger partial charge < -0.3 is 4.74 Å². The van der Waals surface area contributed by atoms with Gasteiger partial charge in [-0.05, 0) is 61.4 Å². The molecule has 0 atom stereocenters. The van der Waals surface area contributed by atoms with Crippen molar-refractivity contribution in [1.29, 1.82) is 0 Å². The topological polar surface area (TPSA) is 96.4 Å². The van der Waals surface area contributed by atoms with Crippen LogP contribution >= 0.6 is 0 Å². The summed E-state index contributed by atoms with van der Waals surface area (Å²) in [6.45, 7) is 3.79. The number of ether oxygens (including phenoxy) is 1. The third-order valence-corrected chi connectivity index (χ3v) is 5.43. The van der Waals surface area contributed by atoms with E-state index in [2.05, 4.69) is 20.1 Å². The van der Waals surface area contributed by atoms with Crippen LogP contribution in [0.1, 0.15) is 16.7 Å². The van der Waals surface area contributed by atoms with Crippen LogP contribution in [-0.2, 0) is 10.0 Å². The highest BCUT2D eigenvalue weighted by atomic mass is 32.2. The van der Waals surface area contributed by atoms with Crippen molar-refractivity contribution in [2.45, 2.75) is 18.7 Å². The van der Waals surface area contributed by atoms with Crippen LogP contribution in [0.3, 0.4) is 0 Å². The lowest BCUT2D eigenvalue weighted by molar-refractivity contribution is 0.415. The third kappa shape index (κ3) is 4.17. The zero-order chi connectivity index (χ0) is 19.4. The second-order valence-corrected chi connectivity index (χ2v) is 7.69. The summed E-state index contributed by atoms with van der Waals surface area (Å²) in [5.41, 5.74) is 4.19. The summed E-state index contributed by atoms with van der Waals surface area (Å²) < 4.78 is 29.9. The fourth-order valence-electron chi connectivity index (χ4n) is 2.48. The Morgan fingerprint density at radius 1 is 1.11 bits per heavy atom. The van der Waals surface area contributed by atoms with Crippen molar-refractivity contribution >= 4 is 16.2 Å². The van der Waals surface area contributed by atoms with Crippen LogP contribution in [0, 0.1) is 13.8 Å². The number of sulfonamides is 1. The largest absolute Gasteiger partial charge is 0.497 e. The number of nitrogens with zero attached hydrogens (tertiary/aromatic N) is 2. The Balaban J connectivity index is 1.78. The van der Waals surface area contributed by atoms with Crippen LogP contribution in [-0.4, -0.2) is 31.9 Å². The molecule has 0 aliphatic heterocycles. The van der Waals surface area contributed by atoms with Crippen molar-refractivity contribution in [3.05, 3.63) is 65.4 Å². The average molecular weight is 384 g/mol. The monoisotopic (exact) mass is 384 g/mol. The molecule has 7 nitrogen and oxygen atoms in total. The molecule has 0 aliphatic rings. The Morgan fingerprint density at radius 2 is 1.85 bits per heavy atom. The number of hydrogen-bond donors (Lipinski definition) is 2. The van der Waals surface area contributed by atoms with E-state index >= 15 is 0 Å². The molecule has 1 aromatic heterocycles. The van der Waals surface area contributed by atoms with E-state index in [4.69, 9.17) is 4.74 Å². The number of nitrogens with one attached hydrogen (secondary N) is 2. The molecule has 27 heavy (non-hydrogen) atoms. The number of rotatable bonds is 6. The van der Waals surface area contributed by atoms with Crippen molar-refractivity contribution < 1.29 is 13.2 Å². The van der Waals surface area contributed by atoms with Gasteiger partial charge in [0.05, 0.1) is 30.1 Å². The second kappa shape index (κ2) is 7.63. The first-order valence-corrected chi connectivity index (χ1v) is 9.69. The minimum atomic E-state index is -3.73. The lowest BCUT2D eigenvalue weighted by atomic mass is 10.1. The van der Waals surface area contributed by atoms with Gasteiger partial charge in [-0.1, -0.05) is 6.07 Å². The van der Waals surface area contributed by atoms with Gasteiger partial charge in [0.15, 0.2) is 0 Å². The summed E-state index contributed by atoms with van der Waals surface area (Å²) in [5.74, 6) is 0.745. The van der Waals surface area contributed by atoms with E-state index in [1.807, 2.05) is 38.1 Å². The lowest BCUT2D eigenvalue weighted by Crippen LogP contribution is -2.18. The van der Waals surface area contributed by atoms with E-state index in [9.17, 15) is 8.42 Å². The molecule has 1 heterocycles. The molecule has 2 N–H and O–H groups in total. The first-order valence-electron chi connectivity index (χ1n) is 8.20. The van der Waals surface area contributed by atoms with E-state index in [-0.39, 0.29) is 4.90 Å². The normalized spacial score (nSPS) is 11.7. The fraction of sp³-hybridized carbons (Fsp3) is 0.158. The highest BCUT2D eigenvalue weighted by Gasteiger charge is 2.13. The highest BCUT2D eigenvalue weighted by molar-refractivity contribution is 7.89. The van der Waals surface area contributed by atoms with Gasteiger partial charge in [-0.3, -0.25) is 5.10 Å². The lowest BCUT2D eigenvalue weighted by Gasteiger charge is -2.06. The van der Waals surface area contributed by atoms with Gasteiger partial charge in [0.1, 0.15) is 5.75 Å². The maximum atomic E-state index is 12.4. The van der Waals surface area contributed by atoms with Gasteiger partial charge in [-0.25, -0.2) is 4.83 Å². The predicted octanol–water partition coefficient (Wildman–Crippen LogP) is 3.01. The number of hydrogen-bond acceptors (Lipinski definition) is 5. The molecule has 0 amide bonds. The van der Waals surface area contributed by atoms with Gasteiger partial charge in [-0.15, -0.1) is 0 Å². The molecule has 2 aromatic carbocycles. The van der Waals surface area contributed by atoms with Gasteiger partial charge in [-0.2, -0.15) is 18.6 Å². The Labute approximate surface area is 158 Å². The standard InChI is InChI=1S/C19H20N4O3S/c1-13-4-9-18(10-14(13)2)27(24,25)23-21-12-16-11-20-22-19(16)15-5-7-17(26-3)8-6-15/h4-12,23H,1-3H3,(H,20,22). The molecule has 0 fully saturated rings. The van der Waals surface area contributed by atoms with E-state index in [0.29, 0.717) is 5.56 Å². The van der Waals surface area contributed by atoms with Crippen molar-refractivity contribution in [1.82, 2.24) is 15.0 Å². The molecule has 0 saturated carbocycles. The molecule has 0 unspecified atom stereocenters. The zero-order valence-corrected chi connectivity index (χ0v) is 16.0. The number of methoxy groups -OCH3 is 1. The van der Waals surface area contributed by atoms with Crippen molar-refractivity contribution in [3.8, 4) is 17.0 Å². The number of aromatic nitrogens is 2. The van der Waals surface area contributed by atoms with Gasteiger partial charge in [0.2, 0.25) is 0 Å². The first-order chi connectivity index (χ1) is 12.9. The first kappa shape index (κ1) is 18.7. The van der Waals surface area contributed by atoms with E-state index < -0.39 is 10.0 Å². The molecular weight excluding hydrogens is 364 g/mol.